The van der Waals surface area contributed by atoms with Gasteiger partial charge in [0.2, 0.25) is 0 Å². The van der Waals surface area contributed by atoms with Gasteiger partial charge in [0, 0.05) is 27.2 Å². The zero-order valence-corrected chi connectivity index (χ0v) is 15.9. The van der Waals surface area contributed by atoms with Crippen LogP contribution in [0.1, 0.15) is 24.0 Å². The van der Waals surface area contributed by atoms with Gasteiger partial charge in [-0.2, -0.15) is 11.3 Å². The largest absolute Gasteiger partial charge is 0.491 e. The fourth-order valence-corrected chi connectivity index (χ4v) is 3.10. The molecule has 0 bridgehead atoms. The van der Waals surface area contributed by atoms with Crippen LogP contribution in [0.15, 0.2) is 46.1 Å². The van der Waals surface area contributed by atoms with Gasteiger partial charge in [-0.3, -0.25) is 4.99 Å². The van der Waals surface area contributed by atoms with E-state index < -0.39 is 0 Å². The molecule has 0 fully saturated rings. The van der Waals surface area contributed by atoms with Crippen molar-refractivity contribution < 1.29 is 9.47 Å². The molecule has 0 amide bonds. The van der Waals surface area contributed by atoms with Crippen LogP contribution in [0.2, 0.25) is 0 Å². The first-order chi connectivity index (χ1) is 12.2. The standard InChI is InChI=1S/C19H27N3O2S/c1-15(17-7-10-25-14-17)12-21-19(20-2)22-13-16-5-4-6-18(11-16)24-9-8-23-3/h4-7,10-11,14-15H,8-9,12-13H2,1-3H3,(H2,20,21,22). The van der Waals surface area contributed by atoms with E-state index in [-0.39, 0.29) is 0 Å². The molecule has 25 heavy (non-hydrogen) atoms. The van der Waals surface area contributed by atoms with E-state index in [4.69, 9.17) is 9.47 Å². The van der Waals surface area contributed by atoms with Gasteiger partial charge in [-0.25, -0.2) is 0 Å². The predicted molar refractivity (Wildman–Crippen MR) is 105 cm³/mol. The average molecular weight is 362 g/mol. The number of nitrogens with one attached hydrogen (secondary N) is 2. The first-order valence-corrected chi connectivity index (χ1v) is 9.34. The number of hydrogen-bond acceptors (Lipinski definition) is 4. The topological polar surface area (TPSA) is 54.9 Å². The Kier molecular flexibility index (Phi) is 8.28. The third-order valence-electron chi connectivity index (χ3n) is 3.83. The number of ether oxygens (including phenoxy) is 2. The Balaban J connectivity index is 1.79. The van der Waals surface area contributed by atoms with Gasteiger partial charge < -0.3 is 20.1 Å². The quantitative estimate of drug-likeness (QED) is 0.409. The van der Waals surface area contributed by atoms with Gasteiger partial charge in [0.05, 0.1) is 6.61 Å². The molecule has 0 radical (unpaired) electrons. The van der Waals surface area contributed by atoms with Gasteiger partial charge in [-0.05, 0) is 46.0 Å². The Morgan fingerprint density at radius 1 is 1.24 bits per heavy atom. The Bertz CT molecular complexity index is 644. The summed E-state index contributed by atoms with van der Waals surface area (Å²) in [6.07, 6.45) is 0. The number of nitrogens with zero attached hydrogens (tertiary/aromatic N) is 1. The monoisotopic (exact) mass is 361 g/mol. The molecule has 0 saturated heterocycles. The molecule has 5 nitrogen and oxygen atoms in total. The Morgan fingerprint density at radius 2 is 2.12 bits per heavy atom. The van der Waals surface area contributed by atoms with E-state index in [1.54, 1.807) is 25.5 Å². The van der Waals surface area contributed by atoms with Crippen molar-refractivity contribution in [2.24, 2.45) is 4.99 Å². The van der Waals surface area contributed by atoms with Crippen molar-refractivity contribution in [1.29, 1.82) is 0 Å². The molecular formula is C19H27N3O2S. The second kappa shape index (κ2) is 10.7. The van der Waals surface area contributed by atoms with Gasteiger partial charge in [0.15, 0.2) is 5.96 Å². The Labute approximate surface area is 154 Å². The molecule has 1 atom stereocenters. The summed E-state index contributed by atoms with van der Waals surface area (Å²) in [7, 11) is 3.45. The second-order valence-corrected chi connectivity index (χ2v) is 6.53. The third kappa shape index (κ3) is 6.76. The number of thiophene rings is 1. The molecule has 1 aromatic heterocycles. The summed E-state index contributed by atoms with van der Waals surface area (Å²) < 4.78 is 10.6. The second-order valence-electron chi connectivity index (χ2n) is 5.75. The normalized spacial score (nSPS) is 12.7. The smallest absolute Gasteiger partial charge is 0.191 e. The van der Waals surface area contributed by atoms with Crippen molar-refractivity contribution in [2.45, 2.75) is 19.4 Å². The minimum atomic E-state index is 0.447. The van der Waals surface area contributed by atoms with Gasteiger partial charge in [-0.15, -0.1) is 0 Å². The Hall–Kier alpha value is -2.05. The third-order valence-corrected chi connectivity index (χ3v) is 4.53. The number of aliphatic imine (C=N–C) groups is 1. The molecule has 6 heteroatoms. The zero-order chi connectivity index (χ0) is 17.9. The maximum atomic E-state index is 5.64. The molecule has 2 N–H and O–H groups in total. The highest BCUT2D eigenvalue weighted by Crippen LogP contribution is 2.17. The van der Waals surface area contributed by atoms with Crippen LogP contribution in [0.25, 0.3) is 0 Å². The lowest BCUT2D eigenvalue weighted by Crippen LogP contribution is -2.38. The van der Waals surface area contributed by atoms with Crippen molar-refractivity contribution in [3.63, 3.8) is 0 Å². The van der Waals surface area contributed by atoms with E-state index in [1.807, 2.05) is 18.2 Å². The van der Waals surface area contributed by atoms with Crippen LogP contribution in [0.5, 0.6) is 5.75 Å². The van der Waals surface area contributed by atoms with Gasteiger partial charge >= 0.3 is 0 Å². The van der Waals surface area contributed by atoms with Crippen molar-refractivity contribution in [2.75, 3.05) is 33.9 Å². The highest BCUT2D eigenvalue weighted by molar-refractivity contribution is 7.07. The number of rotatable bonds is 9. The first kappa shape index (κ1) is 19.3. The van der Waals surface area contributed by atoms with Crippen LogP contribution < -0.4 is 15.4 Å². The van der Waals surface area contributed by atoms with Gasteiger partial charge in [0.1, 0.15) is 12.4 Å². The molecular weight excluding hydrogens is 334 g/mol. The summed E-state index contributed by atoms with van der Waals surface area (Å²) in [6, 6.07) is 10.2. The van der Waals surface area contributed by atoms with Crippen molar-refractivity contribution >= 4 is 17.3 Å². The van der Waals surface area contributed by atoms with Crippen molar-refractivity contribution in [1.82, 2.24) is 10.6 Å². The van der Waals surface area contributed by atoms with Crippen LogP contribution in [0.3, 0.4) is 0 Å². The summed E-state index contributed by atoms with van der Waals surface area (Å²) in [4.78, 5) is 4.29. The molecule has 0 saturated carbocycles. The maximum Gasteiger partial charge on any atom is 0.191 e. The van der Waals surface area contributed by atoms with Crippen LogP contribution >= 0.6 is 11.3 Å². The summed E-state index contributed by atoms with van der Waals surface area (Å²) in [5.74, 6) is 2.10. The molecule has 0 aliphatic heterocycles. The number of methoxy groups -OCH3 is 1. The summed E-state index contributed by atoms with van der Waals surface area (Å²) >= 11 is 1.73. The SMILES string of the molecule is CN=C(NCc1cccc(OCCOC)c1)NCC(C)c1ccsc1. The van der Waals surface area contributed by atoms with Crippen LogP contribution in [-0.2, 0) is 11.3 Å². The van der Waals surface area contributed by atoms with E-state index in [2.05, 4.69) is 45.4 Å². The number of benzene rings is 1. The lowest BCUT2D eigenvalue weighted by atomic mass is 10.1. The van der Waals surface area contributed by atoms with Crippen molar-refractivity contribution in [3.8, 4) is 5.75 Å². The van der Waals surface area contributed by atoms with Crippen LogP contribution in [0.4, 0.5) is 0 Å². The predicted octanol–water partition coefficient (Wildman–Crippen LogP) is 3.24. The molecule has 0 spiro atoms. The lowest BCUT2D eigenvalue weighted by molar-refractivity contribution is 0.146. The molecule has 136 valence electrons. The van der Waals surface area contributed by atoms with Crippen LogP contribution in [0, 0.1) is 0 Å². The number of hydrogen-bond donors (Lipinski definition) is 2. The summed E-state index contributed by atoms with van der Waals surface area (Å²) in [6.45, 7) is 4.88. The molecule has 1 heterocycles. The number of guanidine groups is 1. The molecule has 1 unspecified atom stereocenters. The van der Waals surface area contributed by atoms with Gasteiger partial charge in [-0.1, -0.05) is 19.1 Å². The van der Waals surface area contributed by atoms with Gasteiger partial charge in [0.25, 0.3) is 0 Å². The first-order valence-electron chi connectivity index (χ1n) is 8.40. The van der Waals surface area contributed by atoms with E-state index in [9.17, 15) is 0 Å². The highest BCUT2D eigenvalue weighted by atomic mass is 32.1. The zero-order valence-electron chi connectivity index (χ0n) is 15.1. The minimum Gasteiger partial charge on any atom is -0.491 e. The molecule has 0 aliphatic rings. The lowest BCUT2D eigenvalue weighted by Gasteiger charge is -2.16. The molecule has 1 aromatic carbocycles. The fraction of sp³-hybridized carbons (Fsp3) is 0.421. The fourth-order valence-electron chi connectivity index (χ4n) is 2.32. The van der Waals surface area contributed by atoms with Crippen molar-refractivity contribution in [3.05, 3.63) is 52.2 Å². The van der Waals surface area contributed by atoms with Crippen LogP contribution in [-0.4, -0.2) is 39.9 Å². The summed E-state index contributed by atoms with van der Waals surface area (Å²) in [5.41, 5.74) is 2.50. The maximum absolute atomic E-state index is 5.64. The molecule has 0 aliphatic carbocycles. The molecule has 2 rings (SSSR count). The van der Waals surface area contributed by atoms with E-state index in [0.717, 1.165) is 23.8 Å². The molecule has 2 aromatic rings. The van der Waals surface area contributed by atoms with E-state index in [1.165, 1.54) is 5.56 Å². The summed E-state index contributed by atoms with van der Waals surface area (Å²) in [5, 5.41) is 11.0. The average Bonchev–Trinajstić information content (AvgIpc) is 3.17. The van der Waals surface area contributed by atoms with E-state index in [0.29, 0.717) is 25.7 Å². The van der Waals surface area contributed by atoms with E-state index >= 15 is 0 Å². The highest BCUT2D eigenvalue weighted by Gasteiger charge is 2.07. The Morgan fingerprint density at radius 3 is 2.84 bits per heavy atom. The minimum absolute atomic E-state index is 0.447.